The van der Waals surface area contributed by atoms with Crippen LogP contribution in [0.15, 0.2) is 72.3 Å². The monoisotopic (exact) mass is 615 g/mol. The molecule has 1 fully saturated rings. The van der Waals surface area contributed by atoms with Gasteiger partial charge in [-0.3, -0.25) is 4.90 Å². The van der Waals surface area contributed by atoms with Crippen molar-refractivity contribution in [2.45, 2.75) is 66.0 Å². The first-order chi connectivity index (χ1) is 20.8. The van der Waals surface area contributed by atoms with Gasteiger partial charge in [-0.25, -0.2) is 4.98 Å². The fourth-order valence-corrected chi connectivity index (χ4v) is 7.17. The molecule has 0 bridgehead atoms. The van der Waals surface area contributed by atoms with Gasteiger partial charge in [0.25, 0.3) is 0 Å². The van der Waals surface area contributed by atoms with Crippen LogP contribution in [0.25, 0.3) is 16.8 Å². The summed E-state index contributed by atoms with van der Waals surface area (Å²) < 4.78 is 5.56. The number of allylic oxidation sites excluding steroid dienone is 3. The van der Waals surface area contributed by atoms with Crippen molar-refractivity contribution >= 4 is 34.5 Å². The molecule has 6 heteroatoms. The van der Waals surface area contributed by atoms with Crippen LogP contribution >= 0.6 is 23.2 Å². The van der Waals surface area contributed by atoms with Crippen LogP contribution < -0.4 is 10.1 Å². The van der Waals surface area contributed by atoms with Gasteiger partial charge in [-0.1, -0.05) is 80.0 Å². The molecule has 0 spiro atoms. The molecular formula is C37H43Cl2N3O. The Morgan fingerprint density at radius 2 is 1.98 bits per heavy atom. The summed E-state index contributed by atoms with van der Waals surface area (Å²) in [4.78, 5) is 7.31. The van der Waals surface area contributed by atoms with E-state index in [0.717, 1.165) is 83.5 Å². The first kappa shape index (κ1) is 31.4. The molecule has 1 aromatic heterocycles. The molecule has 1 N–H and O–H groups in total. The minimum absolute atomic E-state index is 0.110. The number of nitrogens with zero attached hydrogens (tertiary/aromatic N) is 2. The molecule has 5 rings (SSSR count). The van der Waals surface area contributed by atoms with Gasteiger partial charge in [0.15, 0.2) is 0 Å². The van der Waals surface area contributed by atoms with Crippen molar-refractivity contribution in [1.29, 1.82) is 0 Å². The van der Waals surface area contributed by atoms with Crippen LogP contribution in [0.4, 0.5) is 5.69 Å². The Bertz CT molecular complexity index is 1570. The van der Waals surface area contributed by atoms with E-state index >= 15 is 0 Å². The summed E-state index contributed by atoms with van der Waals surface area (Å²) in [6.45, 7) is 16.2. The van der Waals surface area contributed by atoms with Crippen LogP contribution in [-0.2, 0) is 13.0 Å². The highest BCUT2D eigenvalue weighted by molar-refractivity contribution is 6.35. The fourth-order valence-electron chi connectivity index (χ4n) is 6.60. The van der Waals surface area contributed by atoms with Gasteiger partial charge >= 0.3 is 0 Å². The van der Waals surface area contributed by atoms with Crippen molar-refractivity contribution in [2.75, 3.05) is 25.5 Å². The third kappa shape index (κ3) is 6.57. The van der Waals surface area contributed by atoms with E-state index in [4.69, 9.17) is 32.9 Å². The third-order valence-corrected chi connectivity index (χ3v) is 9.70. The number of aryl methyl sites for hydroxylation is 2. The molecule has 0 amide bonds. The molecule has 1 unspecified atom stereocenters. The fraction of sp³-hybridized carbons (Fsp3) is 0.378. The Labute approximate surface area is 267 Å². The SMILES string of the molecule is C=CC1=C(/C(=C\C)c2cccc(-c3ccc(CC)c(OC)n3)c2Cl)CC[C@@H]1Nc1cc(C)c(CN2CCC(C)C2)cc1Cl. The molecule has 2 heterocycles. The lowest BCUT2D eigenvalue weighted by Gasteiger charge is -2.21. The number of anilines is 1. The number of methoxy groups -OCH3 is 1. The van der Waals surface area contributed by atoms with Gasteiger partial charge in [0.05, 0.1) is 34.6 Å². The van der Waals surface area contributed by atoms with Crippen molar-refractivity contribution in [3.8, 4) is 17.1 Å². The van der Waals surface area contributed by atoms with Gasteiger partial charge in [-0.05, 0) is 98.0 Å². The van der Waals surface area contributed by atoms with Crippen LogP contribution in [0.3, 0.4) is 0 Å². The number of likely N-dealkylation sites (tertiary alicyclic amines) is 1. The van der Waals surface area contributed by atoms with E-state index in [9.17, 15) is 0 Å². The second kappa shape index (κ2) is 13.7. The molecule has 226 valence electrons. The van der Waals surface area contributed by atoms with Crippen LogP contribution in [0.1, 0.15) is 62.3 Å². The molecular weight excluding hydrogens is 573 g/mol. The average Bonchev–Trinajstić information content (AvgIpc) is 3.61. The van der Waals surface area contributed by atoms with Crippen molar-refractivity contribution < 1.29 is 4.74 Å². The molecule has 2 atom stereocenters. The highest BCUT2D eigenvalue weighted by atomic mass is 35.5. The van der Waals surface area contributed by atoms with E-state index in [-0.39, 0.29) is 6.04 Å². The lowest BCUT2D eigenvalue weighted by atomic mass is 9.92. The maximum absolute atomic E-state index is 7.14. The quantitative estimate of drug-likeness (QED) is 0.246. The van der Waals surface area contributed by atoms with Gasteiger partial charge in [0.1, 0.15) is 0 Å². The van der Waals surface area contributed by atoms with Crippen LogP contribution in [0.2, 0.25) is 10.0 Å². The van der Waals surface area contributed by atoms with Gasteiger partial charge in [0.2, 0.25) is 5.88 Å². The molecule has 2 aliphatic rings. The average molecular weight is 617 g/mol. The molecule has 3 aromatic rings. The maximum atomic E-state index is 7.14. The second-order valence-electron chi connectivity index (χ2n) is 11.8. The summed E-state index contributed by atoms with van der Waals surface area (Å²) in [7, 11) is 1.66. The second-order valence-corrected chi connectivity index (χ2v) is 12.6. The number of aromatic nitrogens is 1. The van der Waals surface area contributed by atoms with Gasteiger partial charge in [0, 0.05) is 29.8 Å². The molecule has 1 aliphatic carbocycles. The molecule has 43 heavy (non-hydrogen) atoms. The summed E-state index contributed by atoms with van der Waals surface area (Å²) in [6.07, 6.45) is 8.14. The maximum Gasteiger partial charge on any atom is 0.216 e. The van der Waals surface area contributed by atoms with E-state index in [1.54, 1.807) is 7.11 Å². The van der Waals surface area contributed by atoms with Gasteiger partial charge in [-0.15, -0.1) is 0 Å². The van der Waals surface area contributed by atoms with Crippen LogP contribution in [0.5, 0.6) is 5.88 Å². The smallest absolute Gasteiger partial charge is 0.216 e. The van der Waals surface area contributed by atoms with Gasteiger partial charge in [-0.2, -0.15) is 0 Å². The summed E-state index contributed by atoms with van der Waals surface area (Å²) in [6, 6.07) is 14.7. The third-order valence-electron chi connectivity index (χ3n) is 8.98. The number of ether oxygens (including phenoxy) is 1. The zero-order valence-electron chi connectivity index (χ0n) is 26.1. The predicted octanol–water partition coefficient (Wildman–Crippen LogP) is 9.94. The Hall–Kier alpha value is -3.05. The standard InChI is InChI=1S/C37H43Cl2N3O/c1-7-25-13-15-34(41-37(25)43-6)31-12-10-11-30(36(31)39)27(8-2)29-14-16-33(28(29)9-3)40-35-19-24(5)26(20-32(35)38)22-42-18-17-23(4)21-42/h8-13,15,19-20,23,33,40H,3,7,14,16-18,21-22H2,1-2,4-6H3/b27-8+/t23?,33-/m0/s1. The first-order valence-corrected chi connectivity index (χ1v) is 16.2. The molecule has 1 saturated heterocycles. The molecule has 4 nitrogen and oxygen atoms in total. The zero-order chi connectivity index (χ0) is 30.7. The predicted molar refractivity (Wildman–Crippen MR) is 183 cm³/mol. The number of hydrogen-bond acceptors (Lipinski definition) is 4. The van der Waals surface area contributed by atoms with Crippen molar-refractivity contribution in [3.63, 3.8) is 0 Å². The van der Waals surface area contributed by atoms with E-state index in [2.05, 4.69) is 74.8 Å². The lowest BCUT2D eigenvalue weighted by Crippen LogP contribution is -2.21. The number of benzene rings is 2. The molecule has 0 radical (unpaired) electrons. The highest BCUT2D eigenvalue weighted by Crippen LogP contribution is 2.43. The van der Waals surface area contributed by atoms with Crippen LogP contribution in [-0.4, -0.2) is 36.1 Å². The zero-order valence-corrected chi connectivity index (χ0v) is 27.6. The summed E-state index contributed by atoms with van der Waals surface area (Å²) in [5.74, 6) is 1.41. The number of nitrogens with one attached hydrogen (secondary N) is 1. The van der Waals surface area contributed by atoms with Crippen molar-refractivity contribution in [3.05, 3.63) is 105 Å². The number of rotatable bonds is 10. The molecule has 1 aliphatic heterocycles. The Kier molecular flexibility index (Phi) is 10.0. The van der Waals surface area contributed by atoms with E-state index in [1.807, 2.05) is 24.3 Å². The summed E-state index contributed by atoms with van der Waals surface area (Å²) in [5, 5.41) is 5.21. The summed E-state index contributed by atoms with van der Waals surface area (Å²) in [5.41, 5.74) is 10.9. The number of hydrogen-bond donors (Lipinski definition) is 1. The molecule has 2 aromatic carbocycles. The summed E-state index contributed by atoms with van der Waals surface area (Å²) >= 11 is 14.0. The normalized spacial score (nSPS) is 19.3. The largest absolute Gasteiger partial charge is 0.481 e. The Balaban J connectivity index is 1.42. The van der Waals surface area contributed by atoms with Crippen molar-refractivity contribution in [1.82, 2.24) is 9.88 Å². The Morgan fingerprint density at radius 3 is 2.65 bits per heavy atom. The minimum Gasteiger partial charge on any atom is -0.481 e. The topological polar surface area (TPSA) is 37.4 Å². The Morgan fingerprint density at radius 1 is 1.16 bits per heavy atom. The van der Waals surface area contributed by atoms with E-state index in [1.165, 1.54) is 28.7 Å². The molecule has 0 saturated carbocycles. The van der Waals surface area contributed by atoms with E-state index < -0.39 is 0 Å². The van der Waals surface area contributed by atoms with Crippen molar-refractivity contribution in [2.24, 2.45) is 5.92 Å². The minimum atomic E-state index is 0.110. The van der Waals surface area contributed by atoms with Gasteiger partial charge < -0.3 is 10.1 Å². The van der Waals surface area contributed by atoms with Crippen LogP contribution in [0, 0.1) is 12.8 Å². The first-order valence-electron chi connectivity index (χ1n) is 15.4. The highest BCUT2D eigenvalue weighted by Gasteiger charge is 2.28. The van der Waals surface area contributed by atoms with E-state index in [0.29, 0.717) is 10.9 Å². The number of halogens is 2. The lowest BCUT2D eigenvalue weighted by molar-refractivity contribution is 0.320. The number of pyridine rings is 1.